The Morgan fingerprint density at radius 1 is 1.26 bits per heavy atom. The number of aromatic nitrogens is 1. The monoisotopic (exact) mass is 315 g/mol. The summed E-state index contributed by atoms with van der Waals surface area (Å²) in [5.74, 6) is 0. The number of amides is 2. The molecule has 1 fully saturated rings. The van der Waals surface area contributed by atoms with E-state index in [2.05, 4.69) is 27.8 Å². The molecular weight excluding hydrogens is 290 g/mol. The number of urea groups is 1. The molecule has 2 amide bonds. The number of carbonyl (C=O) groups excluding carboxylic acids is 1. The zero-order chi connectivity index (χ0) is 16.1. The van der Waals surface area contributed by atoms with Gasteiger partial charge in [-0.1, -0.05) is 31.0 Å². The van der Waals surface area contributed by atoms with Gasteiger partial charge in [0.2, 0.25) is 0 Å². The lowest BCUT2D eigenvalue weighted by Crippen LogP contribution is -2.53. The van der Waals surface area contributed by atoms with E-state index in [1.165, 1.54) is 10.9 Å². The van der Waals surface area contributed by atoms with E-state index in [1.54, 1.807) is 0 Å². The first kappa shape index (κ1) is 15.9. The molecule has 1 saturated carbocycles. The summed E-state index contributed by atoms with van der Waals surface area (Å²) in [6.45, 7) is 0.655. The quantitative estimate of drug-likeness (QED) is 0.619. The van der Waals surface area contributed by atoms with E-state index in [1.807, 2.05) is 18.3 Å². The van der Waals surface area contributed by atoms with Crippen molar-refractivity contribution in [3.63, 3.8) is 0 Å². The van der Waals surface area contributed by atoms with E-state index in [9.17, 15) is 9.90 Å². The maximum atomic E-state index is 12.0. The van der Waals surface area contributed by atoms with Crippen LogP contribution in [0.15, 0.2) is 30.5 Å². The molecule has 1 aliphatic carbocycles. The molecule has 0 spiro atoms. The first-order valence-corrected chi connectivity index (χ1v) is 8.44. The van der Waals surface area contributed by atoms with Gasteiger partial charge in [0.05, 0.1) is 12.1 Å². The highest BCUT2D eigenvalue weighted by molar-refractivity contribution is 5.83. The smallest absolute Gasteiger partial charge is 0.315 e. The number of rotatable bonds is 6. The molecule has 3 rings (SSSR count). The van der Waals surface area contributed by atoms with Crippen LogP contribution in [0.4, 0.5) is 4.79 Å². The summed E-state index contributed by atoms with van der Waals surface area (Å²) in [6.07, 6.45) is 7.74. The molecule has 124 valence electrons. The lowest BCUT2D eigenvalue weighted by Gasteiger charge is -2.27. The van der Waals surface area contributed by atoms with Crippen LogP contribution in [0.5, 0.6) is 0 Å². The summed E-state index contributed by atoms with van der Waals surface area (Å²) in [5, 5.41) is 16.6. The van der Waals surface area contributed by atoms with Gasteiger partial charge < -0.3 is 20.7 Å². The van der Waals surface area contributed by atoms with Gasteiger partial charge in [0.1, 0.15) is 0 Å². The topological polar surface area (TPSA) is 77.2 Å². The average Bonchev–Trinajstić information content (AvgIpc) is 3.19. The van der Waals surface area contributed by atoms with Gasteiger partial charge in [0.15, 0.2) is 0 Å². The van der Waals surface area contributed by atoms with Crippen LogP contribution in [-0.2, 0) is 6.42 Å². The number of hydrogen-bond acceptors (Lipinski definition) is 2. The van der Waals surface area contributed by atoms with Crippen molar-refractivity contribution in [3.05, 3.63) is 36.0 Å². The second kappa shape index (κ2) is 7.04. The molecule has 0 unspecified atom stereocenters. The highest BCUT2D eigenvalue weighted by Crippen LogP contribution is 2.28. The zero-order valence-electron chi connectivity index (χ0n) is 13.4. The number of fused-ring (bicyclic) bond motifs is 1. The largest absolute Gasteiger partial charge is 0.394 e. The van der Waals surface area contributed by atoms with Crippen LogP contribution in [-0.4, -0.2) is 34.8 Å². The van der Waals surface area contributed by atoms with Crippen molar-refractivity contribution in [3.8, 4) is 0 Å². The average molecular weight is 315 g/mol. The number of nitrogens with one attached hydrogen (secondary N) is 3. The van der Waals surface area contributed by atoms with Crippen LogP contribution in [0.1, 0.15) is 37.7 Å². The van der Waals surface area contributed by atoms with Crippen molar-refractivity contribution in [2.24, 2.45) is 0 Å². The van der Waals surface area contributed by atoms with Crippen molar-refractivity contribution in [2.75, 3.05) is 13.2 Å². The van der Waals surface area contributed by atoms with Crippen LogP contribution in [0.3, 0.4) is 0 Å². The summed E-state index contributed by atoms with van der Waals surface area (Å²) >= 11 is 0. The highest BCUT2D eigenvalue weighted by Gasteiger charge is 2.34. The van der Waals surface area contributed by atoms with Gasteiger partial charge in [-0.25, -0.2) is 4.79 Å². The van der Waals surface area contributed by atoms with Crippen LogP contribution in [0.25, 0.3) is 10.9 Å². The normalized spacial score (nSPS) is 16.6. The fourth-order valence-corrected chi connectivity index (χ4v) is 3.48. The van der Waals surface area contributed by atoms with Gasteiger partial charge in [-0.2, -0.15) is 0 Å². The number of aromatic amines is 1. The maximum Gasteiger partial charge on any atom is 0.315 e. The molecule has 1 aliphatic rings. The van der Waals surface area contributed by atoms with Crippen molar-refractivity contribution in [1.82, 2.24) is 15.6 Å². The lowest BCUT2D eigenvalue weighted by molar-refractivity contribution is 0.163. The van der Waals surface area contributed by atoms with Crippen LogP contribution >= 0.6 is 0 Å². The Balaban J connectivity index is 1.43. The maximum absolute atomic E-state index is 12.0. The van der Waals surface area contributed by atoms with Crippen LogP contribution in [0, 0.1) is 0 Å². The van der Waals surface area contributed by atoms with E-state index in [4.69, 9.17) is 0 Å². The number of hydrogen-bond donors (Lipinski definition) is 4. The number of aryl methyl sites for hydroxylation is 1. The number of para-hydroxylation sites is 1. The third kappa shape index (κ3) is 3.67. The molecule has 23 heavy (non-hydrogen) atoms. The summed E-state index contributed by atoms with van der Waals surface area (Å²) in [5.41, 5.74) is 2.03. The van der Waals surface area contributed by atoms with Gasteiger partial charge in [0, 0.05) is 23.6 Å². The Morgan fingerprint density at radius 2 is 2.04 bits per heavy atom. The first-order chi connectivity index (χ1) is 11.2. The molecule has 0 aliphatic heterocycles. The Hall–Kier alpha value is -2.01. The Kier molecular flexibility index (Phi) is 4.86. The molecule has 4 N–H and O–H groups in total. The Morgan fingerprint density at radius 3 is 2.83 bits per heavy atom. The minimum Gasteiger partial charge on any atom is -0.394 e. The molecule has 1 heterocycles. The van der Waals surface area contributed by atoms with Gasteiger partial charge in [0.25, 0.3) is 0 Å². The van der Waals surface area contributed by atoms with E-state index in [0.717, 1.165) is 44.0 Å². The number of benzene rings is 1. The summed E-state index contributed by atoms with van der Waals surface area (Å²) in [4.78, 5) is 15.3. The standard InChI is InChI=1S/C18H25N3O2/c22-13-18(9-3-4-10-18)21-17(23)19-11-5-6-14-12-20-16-8-2-1-7-15(14)16/h1-2,7-8,12,20,22H,3-6,9-11,13H2,(H2,19,21,23). The molecule has 1 aromatic heterocycles. The summed E-state index contributed by atoms with van der Waals surface area (Å²) in [7, 11) is 0. The van der Waals surface area contributed by atoms with Gasteiger partial charge in [-0.05, 0) is 37.3 Å². The Bertz CT molecular complexity index is 659. The van der Waals surface area contributed by atoms with Crippen LogP contribution in [0.2, 0.25) is 0 Å². The van der Waals surface area contributed by atoms with Crippen molar-refractivity contribution >= 4 is 16.9 Å². The predicted octanol–water partition coefficient (Wildman–Crippen LogP) is 2.70. The number of aliphatic hydroxyl groups excluding tert-OH is 1. The predicted molar refractivity (Wildman–Crippen MR) is 91.4 cm³/mol. The van der Waals surface area contributed by atoms with Crippen molar-refractivity contribution in [1.29, 1.82) is 0 Å². The van der Waals surface area contributed by atoms with Crippen molar-refractivity contribution < 1.29 is 9.90 Å². The van der Waals surface area contributed by atoms with Gasteiger partial charge >= 0.3 is 6.03 Å². The molecule has 0 saturated heterocycles. The molecule has 0 atom stereocenters. The van der Waals surface area contributed by atoms with Crippen molar-refractivity contribution in [2.45, 2.75) is 44.1 Å². The number of carbonyl (C=O) groups is 1. The highest BCUT2D eigenvalue weighted by atomic mass is 16.3. The minimum atomic E-state index is -0.402. The van der Waals surface area contributed by atoms with Gasteiger partial charge in [-0.3, -0.25) is 0 Å². The second-order valence-electron chi connectivity index (χ2n) is 6.49. The van der Waals surface area contributed by atoms with E-state index in [-0.39, 0.29) is 12.6 Å². The lowest BCUT2D eigenvalue weighted by atomic mass is 9.99. The van der Waals surface area contributed by atoms with E-state index in [0.29, 0.717) is 6.54 Å². The summed E-state index contributed by atoms with van der Waals surface area (Å²) < 4.78 is 0. The van der Waals surface area contributed by atoms with Gasteiger partial charge in [-0.15, -0.1) is 0 Å². The SMILES string of the molecule is O=C(NCCCc1c[nH]c2ccccc12)NC1(CO)CCCC1. The number of aliphatic hydroxyl groups is 1. The molecular formula is C18H25N3O2. The summed E-state index contributed by atoms with van der Waals surface area (Å²) in [6, 6.07) is 8.09. The van der Waals surface area contributed by atoms with Crippen LogP contribution < -0.4 is 10.6 Å². The van der Waals surface area contributed by atoms with E-state index < -0.39 is 5.54 Å². The van der Waals surface area contributed by atoms with E-state index >= 15 is 0 Å². The minimum absolute atomic E-state index is 0.0236. The molecule has 0 bridgehead atoms. The molecule has 5 nitrogen and oxygen atoms in total. The zero-order valence-corrected chi connectivity index (χ0v) is 13.4. The molecule has 0 radical (unpaired) electrons. The molecule has 1 aromatic carbocycles. The third-order valence-corrected chi connectivity index (χ3v) is 4.83. The Labute approximate surface area is 136 Å². The fraction of sp³-hybridized carbons (Fsp3) is 0.500. The number of H-pyrrole nitrogens is 1. The molecule has 2 aromatic rings. The molecule has 5 heteroatoms. The first-order valence-electron chi connectivity index (χ1n) is 8.44. The second-order valence-corrected chi connectivity index (χ2v) is 6.49. The third-order valence-electron chi connectivity index (χ3n) is 4.83. The fourth-order valence-electron chi connectivity index (χ4n) is 3.48.